The molecule has 6 aromatic rings. The highest BCUT2D eigenvalue weighted by atomic mass is 16.2. The van der Waals surface area contributed by atoms with Crippen molar-refractivity contribution in [3.8, 4) is 11.5 Å². The van der Waals surface area contributed by atoms with Crippen molar-refractivity contribution in [2.45, 2.75) is 13.0 Å². The Bertz CT molecular complexity index is 1880. The zero-order valence-electron chi connectivity index (χ0n) is 23.5. The molecule has 212 valence electrons. The number of pyridine rings is 1. The molecule has 5 aromatic heterocycles. The molecule has 0 saturated heterocycles. The third-order valence-electron chi connectivity index (χ3n) is 6.92. The van der Waals surface area contributed by atoms with Crippen molar-refractivity contribution in [2.75, 3.05) is 31.3 Å². The quantitative estimate of drug-likeness (QED) is 0.240. The van der Waals surface area contributed by atoms with Gasteiger partial charge in [-0.2, -0.15) is 0 Å². The molecule has 12 nitrogen and oxygen atoms in total. The highest BCUT2D eigenvalue weighted by molar-refractivity contribution is 6.07. The fraction of sp³-hybridized carbons (Fsp3) is 0.200. The fourth-order valence-electron chi connectivity index (χ4n) is 4.86. The minimum Gasteiger partial charge on any atom is -0.346 e. The van der Waals surface area contributed by atoms with Crippen molar-refractivity contribution in [1.82, 2.24) is 39.0 Å². The molecule has 0 bridgehead atoms. The number of aromatic nitrogens is 7. The Morgan fingerprint density at radius 2 is 1.74 bits per heavy atom. The first-order valence-corrected chi connectivity index (χ1v) is 13.5. The van der Waals surface area contributed by atoms with Crippen molar-refractivity contribution < 1.29 is 9.59 Å². The molecule has 0 unspecified atom stereocenters. The van der Waals surface area contributed by atoms with E-state index in [0.717, 1.165) is 29.4 Å². The number of aryl methyl sites for hydroxylation is 2. The van der Waals surface area contributed by atoms with E-state index in [1.165, 1.54) is 6.33 Å². The van der Waals surface area contributed by atoms with Crippen molar-refractivity contribution in [3.05, 3.63) is 85.0 Å². The van der Waals surface area contributed by atoms with E-state index < -0.39 is 0 Å². The minimum atomic E-state index is -0.346. The summed E-state index contributed by atoms with van der Waals surface area (Å²) in [4.78, 5) is 49.0. The molecule has 5 heterocycles. The summed E-state index contributed by atoms with van der Waals surface area (Å²) in [6.45, 7) is 1.46. The Labute approximate surface area is 241 Å². The van der Waals surface area contributed by atoms with Gasteiger partial charge in [-0.15, -0.1) is 0 Å². The van der Waals surface area contributed by atoms with Crippen molar-refractivity contribution in [2.24, 2.45) is 7.05 Å². The van der Waals surface area contributed by atoms with Gasteiger partial charge in [-0.05, 0) is 50.6 Å². The standard InChI is InChI=1S/C30H30N10O2/c1-38(2)9-6-10-40-17-22(34-29(41)23-11-19-7-4-5-8-20(19)14-32-23)13-26(40)30(42)35-21-12-25(39(3)16-21)28-36-24-15-31-18-33-27(24)37-28/h4-5,7-8,11-18H,6,9-10H2,1-3H3,(H,34,41)(H,35,42)(H,31,33,36,37). The minimum absolute atomic E-state index is 0.295. The Kier molecular flexibility index (Phi) is 7.19. The van der Waals surface area contributed by atoms with Crippen molar-refractivity contribution >= 4 is 45.1 Å². The maximum Gasteiger partial charge on any atom is 0.274 e. The molecule has 42 heavy (non-hydrogen) atoms. The van der Waals surface area contributed by atoms with E-state index in [2.05, 4.69) is 40.5 Å². The van der Waals surface area contributed by atoms with Gasteiger partial charge in [-0.1, -0.05) is 24.3 Å². The second kappa shape index (κ2) is 11.3. The summed E-state index contributed by atoms with van der Waals surface area (Å²) < 4.78 is 3.74. The lowest BCUT2D eigenvalue weighted by Crippen LogP contribution is -2.19. The Balaban J connectivity index is 1.23. The lowest BCUT2D eigenvalue weighted by molar-refractivity contribution is 0.101. The van der Waals surface area contributed by atoms with Crippen LogP contribution < -0.4 is 10.6 Å². The van der Waals surface area contributed by atoms with Crippen LogP contribution in [0.5, 0.6) is 0 Å². The molecule has 0 aliphatic carbocycles. The van der Waals surface area contributed by atoms with E-state index in [0.29, 0.717) is 46.3 Å². The summed E-state index contributed by atoms with van der Waals surface area (Å²) in [5.41, 5.74) is 3.92. The van der Waals surface area contributed by atoms with Gasteiger partial charge in [0.2, 0.25) is 0 Å². The molecule has 0 saturated carbocycles. The number of nitrogens with zero attached hydrogens (tertiary/aromatic N) is 7. The number of imidazole rings is 1. The predicted molar refractivity (Wildman–Crippen MR) is 161 cm³/mol. The first-order valence-electron chi connectivity index (χ1n) is 13.5. The number of H-pyrrole nitrogens is 1. The van der Waals surface area contributed by atoms with Crippen LogP contribution in [0.1, 0.15) is 27.4 Å². The summed E-state index contributed by atoms with van der Waals surface area (Å²) in [6.07, 6.45) is 9.22. The maximum atomic E-state index is 13.5. The molecule has 12 heteroatoms. The van der Waals surface area contributed by atoms with Gasteiger partial charge in [-0.25, -0.2) is 15.0 Å². The number of hydrogen-bond donors (Lipinski definition) is 3. The number of anilines is 2. The van der Waals surface area contributed by atoms with E-state index in [1.54, 1.807) is 30.7 Å². The topological polar surface area (TPSA) is 139 Å². The van der Waals surface area contributed by atoms with E-state index in [-0.39, 0.29) is 11.8 Å². The molecule has 6 rings (SSSR count). The number of carbonyl (C=O) groups excluding carboxylic acids is 2. The van der Waals surface area contributed by atoms with E-state index in [9.17, 15) is 9.59 Å². The van der Waals surface area contributed by atoms with Crippen LogP contribution in [0.15, 0.2) is 73.6 Å². The van der Waals surface area contributed by atoms with Gasteiger partial charge in [0.25, 0.3) is 11.8 Å². The fourth-order valence-corrected chi connectivity index (χ4v) is 4.86. The number of rotatable bonds is 9. The van der Waals surface area contributed by atoms with Gasteiger partial charge >= 0.3 is 0 Å². The van der Waals surface area contributed by atoms with Crippen LogP contribution in [-0.2, 0) is 13.6 Å². The second-order valence-corrected chi connectivity index (χ2v) is 10.4. The van der Waals surface area contributed by atoms with Crippen LogP contribution in [0.3, 0.4) is 0 Å². The third kappa shape index (κ3) is 5.60. The number of hydrogen-bond acceptors (Lipinski definition) is 7. The van der Waals surface area contributed by atoms with Crippen LogP contribution in [-0.4, -0.2) is 71.4 Å². The summed E-state index contributed by atoms with van der Waals surface area (Å²) >= 11 is 0. The molecule has 1 aromatic carbocycles. The van der Waals surface area contributed by atoms with Crippen molar-refractivity contribution in [1.29, 1.82) is 0 Å². The molecule has 0 atom stereocenters. The SMILES string of the molecule is CN(C)CCCn1cc(NC(=O)c2cc3ccccc3cn2)cc1C(=O)Nc1cc(-c2nc3cncnc3[nH]2)n(C)c1. The normalized spacial score (nSPS) is 11.4. The van der Waals surface area contributed by atoms with E-state index >= 15 is 0 Å². The maximum absolute atomic E-state index is 13.5. The van der Waals surface area contributed by atoms with Gasteiger partial charge in [0.15, 0.2) is 11.5 Å². The molecule has 0 aliphatic rings. The molecule has 0 aliphatic heterocycles. The summed E-state index contributed by atoms with van der Waals surface area (Å²) in [5, 5.41) is 7.79. The average Bonchev–Trinajstić information content (AvgIpc) is 3.68. The largest absolute Gasteiger partial charge is 0.346 e. The van der Waals surface area contributed by atoms with E-state index in [1.807, 2.05) is 66.8 Å². The van der Waals surface area contributed by atoms with Crippen LogP contribution in [0.25, 0.3) is 33.5 Å². The molecule has 0 spiro atoms. The van der Waals surface area contributed by atoms with Gasteiger partial charge in [0, 0.05) is 37.6 Å². The lowest BCUT2D eigenvalue weighted by Gasteiger charge is -2.12. The molecule has 0 radical (unpaired) electrons. The first kappa shape index (κ1) is 26.8. The smallest absolute Gasteiger partial charge is 0.274 e. The monoisotopic (exact) mass is 562 g/mol. The van der Waals surface area contributed by atoms with Gasteiger partial charge in [0.05, 0.1) is 23.3 Å². The number of amides is 2. The van der Waals surface area contributed by atoms with Crippen LogP contribution in [0.4, 0.5) is 11.4 Å². The summed E-state index contributed by atoms with van der Waals surface area (Å²) in [6, 6.07) is 13.0. The Morgan fingerprint density at radius 3 is 2.55 bits per heavy atom. The number of aromatic amines is 1. The lowest BCUT2D eigenvalue weighted by atomic mass is 10.1. The highest BCUT2D eigenvalue weighted by Crippen LogP contribution is 2.25. The molecular weight excluding hydrogens is 532 g/mol. The number of fused-ring (bicyclic) bond motifs is 2. The predicted octanol–water partition coefficient (Wildman–Crippen LogP) is 4.16. The zero-order valence-corrected chi connectivity index (χ0v) is 23.5. The number of nitrogens with one attached hydrogen (secondary N) is 3. The Morgan fingerprint density at radius 1 is 0.952 bits per heavy atom. The van der Waals surface area contributed by atoms with Crippen LogP contribution in [0, 0.1) is 0 Å². The molecule has 2 amide bonds. The van der Waals surface area contributed by atoms with Crippen molar-refractivity contribution in [3.63, 3.8) is 0 Å². The number of carbonyl (C=O) groups is 2. The first-order chi connectivity index (χ1) is 20.3. The zero-order chi connectivity index (χ0) is 29.2. The van der Waals surface area contributed by atoms with Crippen LogP contribution >= 0.6 is 0 Å². The molecule has 0 fully saturated rings. The Hall–Kier alpha value is -5.36. The van der Waals surface area contributed by atoms with Gasteiger partial charge in [-0.3, -0.25) is 14.6 Å². The van der Waals surface area contributed by atoms with Crippen LogP contribution in [0.2, 0.25) is 0 Å². The number of benzene rings is 1. The third-order valence-corrected chi connectivity index (χ3v) is 6.92. The highest BCUT2D eigenvalue weighted by Gasteiger charge is 2.19. The summed E-state index contributed by atoms with van der Waals surface area (Å²) in [5.74, 6) is -0.0222. The van der Waals surface area contributed by atoms with E-state index in [4.69, 9.17) is 0 Å². The molecule has 3 N–H and O–H groups in total. The van der Waals surface area contributed by atoms with Gasteiger partial charge < -0.3 is 29.7 Å². The second-order valence-electron chi connectivity index (χ2n) is 10.4. The summed E-state index contributed by atoms with van der Waals surface area (Å²) in [7, 11) is 5.89. The molecular formula is C30H30N10O2. The average molecular weight is 563 g/mol. The van der Waals surface area contributed by atoms with Gasteiger partial charge in [0.1, 0.15) is 23.2 Å².